The summed E-state index contributed by atoms with van der Waals surface area (Å²) < 4.78 is 53.9. The average molecular weight is 560 g/mol. The highest BCUT2D eigenvalue weighted by Crippen LogP contribution is 2.45. The van der Waals surface area contributed by atoms with Crippen molar-refractivity contribution in [2.75, 3.05) is 20.2 Å². The van der Waals surface area contributed by atoms with Crippen molar-refractivity contribution in [3.8, 4) is 0 Å². The predicted octanol–water partition coefficient (Wildman–Crippen LogP) is 4.75. The highest BCUT2D eigenvalue weighted by atomic mass is 19.4. The van der Waals surface area contributed by atoms with Gasteiger partial charge in [0.25, 0.3) is 5.69 Å². The number of esters is 2. The molecule has 2 aliphatic rings. The van der Waals surface area contributed by atoms with Gasteiger partial charge in [0.2, 0.25) is 5.60 Å². The standard InChI is InChI=1S/C28H28F3N3O6/c1-17-22(25(35)39-3)24(20-10-7-11-21(14-20)34(37)38)23(18(2)32-17)26(36)40-27(28(29,30)31)12-13-33(16-27)15-19-8-5-4-6-9-19/h4-11,14,24,32H,12-13,15-16H2,1-3H3. The SMILES string of the molecule is COC(=O)C1=C(C)NC(C)=C(C(=O)OC2(C(F)(F)F)CCN(Cc3ccccc3)C2)C1c1cccc([N+](=O)[O-])c1. The monoisotopic (exact) mass is 559 g/mol. The molecule has 2 unspecified atom stereocenters. The van der Waals surface area contributed by atoms with E-state index in [2.05, 4.69) is 5.32 Å². The zero-order chi connectivity index (χ0) is 29.2. The number of carbonyl (C=O) groups excluding carboxylic acids is 2. The summed E-state index contributed by atoms with van der Waals surface area (Å²) in [6.45, 7) is 2.72. The van der Waals surface area contributed by atoms with Crippen LogP contribution in [0.2, 0.25) is 0 Å². The molecule has 2 aromatic carbocycles. The normalized spacial score (nSPS) is 21.7. The molecule has 1 saturated heterocycles. The van der Waals surface area contributed by atoms with E-state index in [4.69, 9.17) is 9.47 Å². The molecule has 2 atom stereocenters. The number of allylic oxidation sites excluding steroid dienone is 2. The number of non-ortho nitro benzene ring substituents is 1. The summed E-state index contributed by atoms with van der Waals surface area (Å²) in [6.07, 6.45) is -5.36. The lowest BCUT2D eigenvalue weighted by atomic mass is 9.80. The Morgan fingerprint density at radius 2 is 1.73 bits per heavy atom. The molecule has 2 aromatic rings. The Hall–Kier alpha value is -4.19. The molecule has 2 aliphatic heterocycles. The van der Waals surface area contributed by atoms with Crippen molar-refractivity contribution >= 4 is 17.6 Å². The summed E-state index contributed by atoms with van der Waals surface area (Å²) in [5, 5.41) is 14.3. The van der Waals surface area contributed by atoms with Gasteiger partial charge in [-0.25, -0.2) is 9.59 Å². The van der Waals surface area contributed by atoms with Gasteiger partial charge in [-0.05, 0) is 25.0 Å². The third-order valence-electron chi connectivity index (χ3n) is 7.16. The molecule has 0 radical (unpaired) electrons. The smallest absolute Gasteiger partial charge is 0.429 e. The van der Waals surface area contributed by atoms with Gasteiger partial charge in [0.15, 0.2) is 0 Å². The van der Waals surface area contributed by atoms with Crippen molar-refractivity contribution in [1.29, 1.82) is 0 Å². The maximum absolute atomic E-state index is 14.5. The molecule has 0 amide bonds. The molecule has 0 aromatic heterocycles. The highest BCUT2D eigenvalue weighted by Gasteiger charge is 2.62. The lowest BCUT2D eigenvalue weighted by molar-refractivity contribution is -0.384. The van der Waals surface area contributed by atoms with Gasteiger partial charge in [0.1, 0.15) is 0 Å². The summed E-state index contributed by atoms with van der Waals surface area (Å²) in [5.41, 5.74) is -2.03. The van der Waals surface area contributed by atoms with Crippen molar-refractivity contribution in [2.45, 2.75) is 44.5 Å². The molecule has 0 aliphatic carbocycles. The van der Waals surface area contributed by atoms with Crippen LogP contribution in [0, 0.1) is 10.1 Å². The van der Waals surface area contributed by atoms with E-state index in [-0.39, 0.29) is 46.9 Å². The van der Waals surface area contributed by atoms with Crippen LogP contribution < -0.4 is 5.32 Å². The van der Waals surface area contributed by atoms with Gasteiger partial charge in [-0.15, -0.1) is 0 Å². The Bertz CT molecular complexity index is 1390. The van der Waals surface area contributed by atoms with E-state index < -0.39 is 47.5 Å². The number of halogens is 3. The van der Waals surface area contributed by atoms with Crippen LogP contribution in [0.3, 0.4) is 0 Å². The minimum atomic E-state index is -4.89. The van der Waals surface area contributed by atoms with Crippen molar-refractivity contribution in [3.63, 3.8) is 0 Å². The van der Waals surface area contributed by atoms with Gasteiger partial charge < -0.3 is 14.8 Å². The maximum atomic E-state index is 14.5. The molecular formula is C28H28F3N3O6. The van der Waals surface area contributed by atoms with Crippen molar-refractivity contribution < 1.29 is 37.2 Å². The van der Waals surface area contributed by atoms with Gasteiger partial charge in [-0.3, -0.25) is 15.0 Å². The lowest BCUT2D eigenvalue weighted by Crippen LogP contribution is -2.51. The van der Waals surface area contributed by atoms with Gasteiger partial charge in [-0.2, -0.15) is 13.2 Å². The van der Waals surface area contributed by atoms with Gasteiger partial charge in [0, 0.05) is 49.6 Å². The van der Waals surface area contributed by atoms with Crippen LogP contribution in [0.15, 0.2) is 77.1 Å². The Morgan fingerprint density at radius 3 is 2.33 bits per heavy atom. The van der Waals surface area contributed by atoms with E-state index in [1.807, 2.05) is 0 Å². The van der Waals surface area contributed by atoms with Crippen molar-refractivity contribution in [1.82, 2.24) is 10.2 Å². The zero-order valence-corrected chi connectivity index (χ0v) is 22.1. The van der Waals surface area contributed by atoms with Crippen LogP contribution in [0.4, 0.5) is 18.9 Å². The fourth-order valence-corrected chi connectivity index (χ4v) is 5.24. The first kappa shape index (κ1) is 28.8. The molecule has 12 heteroatoms. The lowest BCUT2D eigenvalue weighted by Gasteiger charge is -2.35. The Labute approximate surface area is 228 Å². The average Bonchev–Trinajstić information content (AvgIpc) is 3.31. The van der Waals surface area contributed by atoms with Crippen LogP contribution >= 0.6 is 0 Å². The fourth-order valence-electron chi connectivity index (χ4n) is 5.24. The van der Waals surface area contributed by atoms with Gasteiger partial charge in [0.05, 0.1) is 29.1 Å². The van der Waals surface area contributed by atoms with Gasteiger partial charge >= 0.3 is 18.1 Å². The maximum Gasteiger partial charge on any atom is 0.429 e. The fraction of sp³-hybridized carbons (Fsp3) is 0.357. The molecule has 0 spiro atoms. The van der Waals surface area contributed by atoms with Crippen molar-refractivity contribution in [2.24, 2.45) is 0 Å². The molecule has 1 N–H and O–H groups in total. The number of nitro groups is 1. The quantitative estimate of drug-likeness (QED) is 0.294. The highest BCUT2D eigenvalue weighted by molar-refractivity contribution is 6.00. The van der Waals surface area contributed by atoms with E-state index in [1.165, 1.54) is 38.1 Å². The number of hydrogen-bond donors (Lipinski definition) is 1. The summed E-state index contributed by atoms with van der Waals surface area (Å²) in [4.78, 5) is 38.9. The van der Waals surface area contributed by atoms with E-state index in [0.717, 1.165) is 12.7 Å². The number of nitro benzene ring substituents is 1. The number of ether oxygens (including phenoxy) is 2. The van der Waals surface area contributed by atoms with E-state index in [9.17, 15) is 32.9 Å². The Morgan fingerprint density at radius 1 is 1.07 bits per heavy atom. The molecular weight excluding hydrogens is 531 g/mol. The molecule has 0 saturated carbocycles. The molecule has 2 heterocycles. The number of hydrogen-bond acceptors (Lipinski definition) is 8. The largest absolute Gasteiger partial charge is 0.466 e. The van der Waals surface area contributed by atoms with Crippen molar-refractivity contribution in [3.05, 3.63) is 98.4 Å². The molecule has 4 rings (SSSR count). The summed E-state index contributed by atoms with van der Waals surface area (Å²) >= 11 is 0. The number of nitrogens with one attached hydrogen (secondary N) is 1. The number of likely N-dealkylation sites (tertiary alicyclic amines) is 1. The predicted molar refractivity (Wildman–Crippen MR) is 138 cm³/mol. The van der Waals surface area contributed by atoms with Crippen LogP contribution in [0.1, 0.15) is 37.3 Å². The Kier molecular flexibility index (Phi) is 8.01. The number of dihydropyridines is 1. The number of benzene rings is 2. The van der Waals surface area contributed by atoms with Gasteiger partial charge in [-0.1, -0.05) is 42.5 Å². The summed E-state index contributed by atoms with van der Waals surface area (Å²) in [5.74, 6) is -3.40. The second-order valence-electron chi connectivity index (χ2n) is 9.81. The van der Waals surface area contributed by atoms with Crippen LogP contribution in [-0.4, -0.2) is 53.7 Å². The second kappa shape index (κ2) is 11.1. The van der Waals surface area contributed by atoms with E-state index in [1.54, 1.807) is 35.2 Å². The number of carbonyl (C=O) groups is 2. The summed E-state index contributed by atoms with van der Waals surface area (Å²) in [7, 11) is 1.12. The molecule has 1 fully saturated rings. The third kappa shape index (κ3) is 5.57. The third-order valence-corrected chi connectivity index (χ3v) is 7.16. The number of rotatable bonds is 7. The second-order valence-corrected chi connectivity index (χ2v) is 9.81. The van der Waals surface area contributed by atoms with Crippen LogP contribution in [0.5, 0.6) is 0 Å². The van der Waals surface area contributed by atoms with Crippen LogP contribution in [-0.2, 0) is 25.6 Å². The molecule has 9 nitrogen and oxygen atoms in total. The minimum Gasteiger partial charge on any atom is -0.466 e. The zero-order valence-electron chi connectivity index (χ0n) is 22.1. The molecule has 40 heavy (non-hydrogen) atoms. The number of nitrogens with zero attached hydrogens (tertiary/aromatic N) is 2. The van der Waals surface area contributed by atoms with Crippen LogP contribution in [0.25, 0.3) is 0 Å². The molecule has 0 bridgehead atoms. The number of alkyl halides is 3. The van der Waals surface area contributed by atoms with E-state index >= 15 is 0 Å². The number of methoxy groups -OCH3 is 1. The topological polar surface area (TPSA) is 111 Å². The first-order valence-electron chi connectivity index (χ1n) is 12.4. The minimum absolute atomic E-state index is 0.0404. The molecule has 212 valence electrons. The summed E-state index contributed by atoms with van der Waals surface area (Å²) in [6, 6.07) is 14.2. The first-order chi connectivity index (χ1) is 18.9. The first-order valence-corrected chi connectivity index (χ1v) is 12.4. The Balaban J connectivity index is 1.72. The van der Waals surface area contributed by atoms with E-state index in [0.29, 0.717) is 0 Å².